The van der Waals surface area contributed by atoms with E-state index in [1.165, 1.54) is 22.0 Å². The first-order chi connectivity index (χ1) is 6.49. The third-order valence-electron chi connectivity index (χ3n) is 2.31. The van der Waals surface area contributed by atoms with Crippen LogP contribution in [0.15, 0.2) is 18.7 Å². The number of aromatic nitrogens is 2. The van der Waals surface area contributed by atoms with E-state index in [1.54, 1.807) is 27.1 Å². The Morgan fingerprint density at radius 3 is 2.71 bits per heavy atom. The van der Waals surface area contributed by atoms with Gasteiger partial charge < -0.3 is 10.0 Å². The standard InChI is InChI=1S/C9H15N3O2/c1-9(2,6-13)11(3)8(14)12-5-4-10-7-12/h4-5,7,13H,6H2,1-3H3. The second-order valence-corrected chi connectivity index (χ2v) is 3.78. The molecule has 0 atom stereocenters. The molecule has 0 spiro atoms. The molecule has 5 nitrogen and oxygen atoms in total. The van der Waals surface area contributed by atoms with Gasteiger partial charge in [-0.1, -0.05) is 0 Å². The van der Waals surface area contributed by atoms with Crippen LogP contribution < -0.4 is 0 Å². The van der Waals surface area contributed by atoms with Crippen LogP contribution >= 0.6 is 0 Å². The van der Waals surface area contributed by atoms with E-state index in [4.69, 9.17) is 5.11 Å². The monoisotopic (exact) mass is 197 g/mol. The van der Waals surface area contributed by atoms with Crippen LogP contribution in [0.5, 0.6) is 0 Å². The Morgan fingerprint density at radius 2 is 2.29 bits per heavy atom. The number of imidazole rings is 1. The van der Waals surface area contributed by atoms with E-state index in [2.05, 4.69) is 4.98 Å². The fraction of sp³-hybridized carbons (Fsp3) is 0.556. The van der Waals surface area contributed by atoms with Gasteiger partial charge in [-0.25, -0.2) is 9.78 Å². The van der Waals surface area contributed by atoms with Crippen molar-refractivity contribution in [3.8, 4) is 0 Å². The number of likely N-dealkylation sites (N-methyl/N-ethyl adjacent to an activating group) is 1. The number of aliphatic hydroxyl groups excluding tert-OH is 1. The number of hydrogen-bond acceptors (Lipinski definition) is 3. The van der Waals surface area contributed by atoms with E-state index in [9.17, 15) is 4.79 Å². The van der Waals surface area contributed by atoms with Crippen LogP contribution in [-0.2, 0) is 0 Å². The van der Waals surface area contributed by atoms with Gasteiger partial charge >= 0.3 is 6.03 Å². The Morgan fingerprint density at radius 1 is 1.64 bits per heavy atom. The number of nitrogens with zero attached hydrogens (tertiary/aromatic N) is 3. The van der Waals surface area contributed by atoms with Gasteiger partial charge in [0.15, 0.2) is 0 Å². The van der Waals surface area contributed by atoms with Crippen molar-refractivity contribution < 1.29 is 9.90 Å². The number of hydrogen-bond donors (Lipinski definition) is 1. The largest absolute Gasteiger partial charge is 0.394 e. The molecule has 5 heteroatoms. The van der Waals surface area contributed by atoms with E-state index in [0.717, 1.165) is 0 Å². The lowest BCUT2D eigenvalue weighted by molar-refractivity contribution is 0.0982. The molecule has 1 aromatic rings. The number of aliphatic hydroxyl groups is 1. The summed E-state index contributed by atoms with van der Waals surface area (Å²) in [5.74, 6) is 0. The zero-order valence-electron chi connectivity index (χ0n) is 8.64. The highest BCUT2D eigenvalue weighted by molar-refractivity contribution is 5.77. The fourth-order valence-electron chi connectivity index (χ4n) is 0.910. The molecule has 1 aromatic heterocycles. The maximum atomic E-state index is 11.7. The first kappa shape index (κ1) is 10.7. The summed E-state index contributed by atoms with van der Waals surface area (Å²) in [4.78, 5) is 17.0. The summed E-state index contributed by atoms with van der Waals surface area (Å²) in [6.07, 6.45) is 4.55. The van der Waals surface area contributed by atoms with Crippen LogP contribution in [0, 0.1) is 0 Å². The Hall–Kier alpha value is -1.36. The minimum absolute atomic E-state index is 0.0794. The highest BCUT2D eigenvalue weighted by Gasteiger charge is 2.27. The summed E-state index contributed by atoms with van der Waals surface area (Å²) < 4.78 is 1.37. The summed E-state index contributed by atoms with van der Waals surface area (Å²) in [6.45, 7) is 3.51. The number of amides is 1. The molecule has 14 heavy (non-hydrogen) atoms. The van der Waals surface area contributed by atoms with Crippen LogP contribution in [-0.4, -0.2) is 44.8 Å². The summed E-state index contributed by atoms with van der Waals surface area (Å²) in [6, 6.07) is -0.207. The summed E-state index contributed by atoms with van der Waals surface area (Å²) in [7, 11) is 1.65. The molecule has 1 heterocycles. The Bertz CT molecular complexity index is 306. The van der Waals surface area contributed by atoms with E-state index >= 15 is 0 Å². The highest BCUT2D eigenvalue weighted by Crippen LogP contribution is 2.12. The zero-order valence-corrected chi connectivity index (χ0v) is 8.64. The second-order valence-electron chi connectivity index (χ2n) is 3.78. The van der Waals surface area contributed by atoms with Crippen LogP contribution in [0.4, 0.5) is 4.79 Å². The average molecular weight is 197 g/mol. The van der Waals surface area contributed by atoms with Crippen molar-refractivity contribution in [3.05, 3.63) is 18.7 Å². The predicted octanol–water partition coefficient (Wildman–Crippen LogP) is 0.554. The molecule has 0 unspecified atom stereocenters. The molecule has 0 aliphatic rings. The summed E-state index contributed by atoms with van der Waals surface area (Å²) in [5.41, 5.74) is -0.568. The molecule has 0 aliphatic carbocycles. The third-order valence-corrected chi connectivity index (χ3v) is 2.31. The second kappa shape index (κ2) is 3.79. The first-order valence-corrected chi connectivity index (χ1v) is 4.36. The normalized spacial score (nSPS) is 11.4. The molecule has 0 aliphatic heterocycles. The maximum absolute atomic E-state index is 11.7. The fourth-order valence-corrected chi connectivity index (χ4v) is 0.910. The molecule has 0 radical (unpaired) electrons. The van der Waals surface area contributed by atoms with Gasteiger partial charge in [-0.15, -0.1) is 0 Å². The molecule has 0 saturated heterocycles. The predicted molar refractivity (Wildman–Crippen MR) is 51.9 cm³/mol. The first-order valence-electron chi connectivity index (χ1n) is 4.36. The van der Waals surface area contributed by atoms with Crippen LogP contribution in [0.25, 0.3) is 0 Å². The van der Waals surface area contributed by atoms with Crippen molar-refractivity contribution in [2.45, 2.75) is 19.4 Å². The smallest absolute Gasteiger partial charge is 0.329 e. The van der Waals surface area contributed by atoms with Crippen molar-refractivity contribution >= 4 is 6.03 Å². The SMILES string of the molecule is CN(C(=O)n1ccnc1)C(C)(C)CO. The lowest BCUT2D eigenvalue weighted by Gasteiger charge is -2.33. The number of carbonyl (C=O) groups excluding carboxylic acids is 1. The summed E-state index contributed by atoms with van der Waals surface area (Å²) >= 11 is 0. The van der Waals surface area contributed by atoms with Crippen molar-refractivity contribution in [3.63, 3.8) is 0 Å². The Labute approximate surface area is 83.0 Å². The molecule has 78 valence electrons. The molecule has 0 bridgehead atoms. The van der Waals surface area contributed by atoms with Crippen LogP contribution in [0.3, 0.4) is 0 Å². The minimum atomic E-state index is -0.568. The molecule has 1 amide bonds. The molecular formula is C9H15N3O2. The van der Waals surface area contributed by atoms with Crippen LogP contribution in [0.2, 0.25) is 0 Å². The van der Waals surface area contributed by atoms with Gasteiger partial charge in [-0.3, -0.25) is 4.57 Å². The highest BCUT2D eigenvalue weighted by atomic mass is 16.3. The minimum Gasteiger partial charge on any atom is -0.394 e. The Balaban J connectivity index is 2.81. The van der Waals surface area contributed by atoms with E-state index < -0.39 is 5.54 Å². The molecular weight excluding hydrogens is 182 g/mol. The van der Waals surface area contributed by atoms with Gasteiger partial charge in [0.1, 0.15) is 6.33 Å². The molecule has 0 fully saturated rings. The zero-order chi connectivity index (χ0) is 10.8. The van der Waals surface area contributed by atoms with Crippen LogP contribution in [0.1, 0.15) is 13.8 Å². The molecule has 1 rings (SSSR count). The van der Waals surface area contributed by atoms with E-state index in [1.807, 2.05) is 0 Å². The lowest BCUT2D eigenvalue weighted by Crippen LogP contribution is -2.49. The van der Waals surface area contributed by atoms with Gasteiger partial charge in [0.2, 0.25) is 0 Å². The molecule has 1 N–H and O–H groups in total. The van der Waals surface area contributed by atoms with Crippen molar-refractivity contribution in [1.82, 2.24) is 14.5 Å². The lowest BCUT2D eigenvalue weighted by atomic mass is 10.1. The van der Waals surface area contributed by atoms with Crippen molar-refractivity contribution in [2.75, 3.05) is 13.7 Å². The van der Waals surface area contributed by atoms with E-state index in [0.29, 0.717) is 0 Å². The number of rotatable bonds is 2. The van der Waals surface area contributed by atoms with Crippen molar-refractivity contribution in [2.24, 2.45) is 0 Å². The van der Waals surface area contributed by atoms with Gasteiger partial charge in [0.05, 0.1) is 12.1 Å². The summed E-state index contributed by atoms with van der Waals surface area (Å²) in [5, 5.41) is 9.09. The number of carbonyl (C=O) groups is 1. The van der Waals surface area contributed by atoms with Gasteiger partial charge in [-0.2, -0.15) is 0 Å². The third kappa shape index (κ3) is 1.93. The Kier molecular flexibility index (Phi) is 2.90. The van der Waals surface area contributed by atoms with Gasteiger partial charge in [0, 0.05) is 19.4 Å². The van der Waals surface area contributed by atoms with Gasteiger partial charge in [0.25, 0.3) is 0 Å². The van der Waals surface area contributed by atoms with E-state index in [-0.39, 0.29) is 12.6 Å². The van der Waals surface area contributed by atoms with Gasteiger partial charge in [-0.05, 0) is 13.8 Å². The maximum Gasteiger partial charge on any atom is 0.329 e. The average Bonchev–Trinajstić information content (AvgIpc) is 2.68. The topological polar surface area (TPSA) is 58.4 Å². The molecule has 0 saturated carbocycles. The quantitative estimate of drug-likeness (QED) is 0.753. The molecule has 0 aromatic carbocycles. The van der Waals surface area contributed by atoms with Crippen molar-refractivity contribution in [1.29, 1.82) is 0 Å².